The first-order valence-corrected chi connectivity index (χ1v) is 9.04. The maximum Gasteiger partial charge on any atom is 0.274 e. The zero-order valence-electron chi connectivity index (χ0n) is 16.0. The van der Waals surface area contributed by atoms with Crippen molar-refractivity contribution in [2.24, 2.45) is 0 Å². The lowest BCUT2D eigenvalue weighted by molar-refractivity contribution is 0.102. The van der Waals surface area contributed by atoms with Gasteiger partial charge in [0.15, 0.2) is 0 Å². The minimum absolute atomic E-state index is 0.260. The second-order valence-electron chi connectivity index (χ2n) is 6.38. The molecular formula is C22H19N5O2. The number of anilines is 3. The van der Waals surface area contributed by atoms with Crippen molar-refractivity contribution in [3.05, 3.63) is 78.4 Å². The smallest absolute Gasteiger partial charge is 0.274 e. The largest absolute Gasteiger partial charge is 0.497 e. The Kier molecular flexibility index (Phi) is 5.03. The Balaban J connectivity index is 1.60. The lowest BCUT2D eigenvalue weighted by Gasteiger charge is -2.11. The molecule has 0 aliphatic heterocycles. The van der Waals surface area contributed by atoms with E-state index in [4.69, 9.17) is 4.74 Å². The van der Waals surface area contributed by atoms with E-state index in [9.17, 15) is 4.79 Å². The van der Waals surface area contributed by atoms with Gasteiger partial charge in [0.2, 0.25) is 0 Å². The third-order valence-corrected chi connectivity index (χ3v) is 4.29. The van der Waals surface area contributed by atoms with Gasteiger partial charge < -0.3 is 15.4 Å². The number of nitrogens with one attached hydrogen (secondary N) is 2. The number of para-hydroxylation sites is 1. The molecule has 29 heavy (non-hydrogen) atoms. The quantitative estimate of drug-likeness (QED) is 0.531. The number of carbonyl (C=O) groups excluding carboxylic acids is 1. The molecule has 2 N–H and O–H groups in total. The van der Waals surface area contributed by atoms with Gasteiger partial charge in [-0.1, -0.05) is 24.3 Å². The van der Waals surface area contributed by atoms with Gasteiger partial charge in [-0.25, -0.2) is 9.97 Å². The van der Waals surface area contributed by atoms with E-state index in [0.29, 0.717) is 17.3 Å². The van der Waals surface area contributed by atoms with Gasteiger partial charge in [-0.2, -0.15) is 0 Å². The summed E-state index contributed by atoms with van der Waals surface area (Å²) in [6, 6.07) is 18.5. The first kappa shape index (κ1) is 18.4. The van der Waals surface area contributed by atoms with Crippen molar-refractivity contribution in [2.75, 3.05) is 17.7 Å². The van der Waals surface area contributed by atoms with Crippen LogP contribution < -0.4 is 15.4 Å². The molecule has 2 heterocycles. The number of amides is 1. The van der Waals surface area contributed by atoms with Crippen LogP contribution in [-0.4, -0.2) is 28.0 Å². The molecule has 0 spiro atoms. The minimum atomic E-state index is -0.331. The molecule has 1 amide bonds. The number of benzene rings is 2. The highest BCUT2D eigenvalue weighted by molar-refractivity contribution is 6.07. The fraction of sp³-hybridized carbons (Fsp3) is 0.0909. The first-order chi connectivity index (χ1) is 14.1. The van der Waals surface area contributed by atoms with Crippen LogP contribution in [0.3, 0.4) is 0 Å². The summed E-state index contributed by atoms with van der Waals surface area (Å²) in [5.74, 6) is 1.40. The van der Waals surface area contributed by atoms with Crippen LogP contribution in [0.25, 0.3) is 10.9 Å². The van der Waals surface area contributed by atoms with Crippen LogP contribution in [0.5, 0.6) is 5.75 Å². The van der Waals surface area contributed by atoms with Gasteiger partial charge in [0, 0.05) is 29.4 Å². The summed E-state index contributed by atoms with van der Waals surface area (Å²) in [4.78, 5) is 25.8. The number of nitrogens with zero attached hydrogens (tertiary/aromatic N) is 3. The number of carbonyl (C=O) groups is 1. The van der Waals surface area contributed by atoms with Gasteiger partial charge >= 0.3 is 0 Å². The topological polar surface area (TPSA) is 89.0 Å². The van der Waals surface area contributed by atoms with Crippen LogP contribution in [0.15, 0.2) is 66.9 Å². The molecule has 2 aromatic heterocycles. The van der Waals surface area contributed by atoms with E-state index in [1.54, 1.807) is 26.3 Å². The van der Waals surface area contributed by atoms with Gasteiger partial charge in [0.25, 0.3) is 5.91 Å². The molecule has 144 valence electrons. The van der Waals surface area contributed by atoms with Gasteiger partial charge in [0.1, 0.15) is 23.1 Å². The molecule has 2 aromatic carbocycles. The fourth-order valence-corrected chi connectivity index (χ4v) is 2.99. The SMILES string of the molecule is COc1cccc(Nc2cc(C(=O)Nc3cccc4cccnc34)nc(C)n2)c1. The Bertz CT molecular complexity index is 1190. The summed E-state index contributed by atoms with van der Waals surface area (Å²) in [6.45, 7) is 1.74. The average Bonchev–Trinajstić information content (AvgIpc) is 2.73. The molecular weight excluding hydrogens is 366 g/mol. The molecule has 0 fully saturated rings. The summed E-state index contributed by atoms with van der Waals surface area (Å²) in [6.07, 6.45) is 1.70. The zero-order valence-corrected chi connectivity index (χ0v) is 16.0. The second-order valence-corrected chi connectivity index (χ2v) is 6.38. The van der Waals surface area contributed by atoms with E-state index in [0.717, 1.165) is 22.3 Å². The minimum Gasteiger partial charge on any atom is -0.497 e. The predicted octanol–water partition coefficient (Wildman–Crippen LogP) is 4.34. The van der Waals surface area contributed by atoms with Crippen LogP contribution in [0.4, 0.5) is 17.2 Å². The van der Waals surface area contributed by atoms with E-state index in [1.165, 1.54) is 0 Å². The third-order valence-electron chi connectivity index (χ3n) is 4.29. The van der Waals surface area contributed by atoms with Crippen molar-refractivity contribution in [2.45, 2.75) is 6.92 Å². The predicted molar refractivity (Wildman–Crippen MR) is 113 cm³/mol. The maximum atomic E-state index is 12.8. The van der Waals surface area contributed by atoms with E-state index in [1.807, 2.05) is 54.6 Å². The number of hydrogen-bond acceptors (Lipinski definition) is 6. The van der Waals surface area contributed by atoms with Crippen molar-refractivity contribution < 1.29 is 9.53 Å². The van der Waals surface area contributed by atoms with Gasteiger partial charge in [0.05, 0.1) is 18.3 Å². The highest BCUT2D eigenvalue weighted by Gasteiger charge is 2.13. The van der Waals surface area contributed by atoms with Crippen LogP contribution in [-0.2, 0) is 0 Å². The molecule has 4 rings (SSSR count). The van der Waals surface area contributed by atoms with Crippen molar-refractivity contribution >= 4 is 34.0 Å². The van der Waals surface area contributed by atoms with Crippen LogP contribution >= 0.6 is 0 Å². The van der Waals surface area contributed by atoms with E-state index in [2.05, 4.69) is 25.6 Å². The summed E-state index contributed by atoms with van der Waals surface area (Å²) in [7, 11) is 1.61. The van der Waals surface area contributed by atoms with Gasteiger partial charge in [-0.3, -0.25) is 9.78 Å². The van der Waals surface area contributed by atoms with Gasteiger partial charge in [-0.05, 0) is 31.2 Å². The number of hydrogen-bond donors (Lipinski definition) is 2. The Hall–Kier alpha value is -4.00. The Labute approximate surface area is 167 Å². The first-order valence-electron chi connectivity index (χ1n) is 9.04. The average molecular weight is 385 g/mol. The van der Waals surface area contributed by atoms with Crippen molar-refractivity contribution in [1.29, 1.82) is 0 Å². The summed E-state index contributed by atoms with van der Waals surface area (Å²) in [5, 5.41) is 7.03. The molecule has 7 nitrogen and oxygen atoms in total. The lowest BCUT2D eigenvalue weighted by Crippen LogP contribution is -2.15. The molecule has 0 saturated carbocycles. The van der Waals surface area contributed by atoms with E-state index >= 15 is 0 Å². The Morgan fingerprint density at radius 1 is 1.00 bits per heavy atom. The molecule has 4 aromatic rings. The van der Waals surface area contributed by atoms with E-state index < -0.39 is 0 Å². The summed E-state index contributed by atoms with van der Waals surface area (Å²) < 4.78 is 5.24. The standard InChI is InChI=1S/C22H19N5O2/c1-14-24-19(13-20(25-14)26-16-8-4-9-17(12-16)29-2)22(28)27-18-10-3-6-15-7-5-11-23-21(15)18/h3-13H,1-2H3,(H,27,28)(H,24,25,26). The van der Waals surface area contributed by atoms with Crippen molar-refractivity contribution in [3.8, 4) is 5.75 Å². The molecule has 0 bridgehead atoms. The van der Waals surface area contributed by atoms with Crippen LogP contribution in [0.2, 0.25) is 0 Å². The van der Waals surface area contributed by atoms with E-state index in [-0.39, 0.29) is 11.6 Å². The number of ether oxygens (including phenoxy) is 1. The number of pyridine rings is 1. The van der Waals surface area contributed by atoms with Crippen LogP contribution in [0, 0.1) is 6.92 Å². The second kappa shape index (κ2) is 7.93. The summed E-state index contributed by atoms with van der Waals surface area (Å²) >= 11 is 0. The number of aryl methyl sites for hydroxylation is 1. The maximum absolute atomic E-state index is 12.8. The molecule has 0 radical (unpaired) electrons. The normalized spacial score (nSPS) is 10.6. The Morgan fingerprint density at radius 3 is 2.69 bits per heavy atom. The fourth-order valence-electron chi connectivity index (χ4n) is 2.99. The number of methoxy groups -OCH3 is 1. The monoisotopic (exact) mass is 385 g/mol. The lowest BCUT2D eigenvalue weighted by atomic mass is 10.2. The van der Waals surface area contributed by atoms with Gasteiger partial charge in [-0.15, -0.1) is 0 Å². The van der Waals surface area contributed by atoms with Crippen molar-refractivity contribution in [3.63, 3.8) is 0 Å². The molecule has 0 atom stereocenters. The summed E-state index contributed by atoms with van der Waals surface area (Å²) in [5.41, 5.74) is 2.42. The van der Waals surface area contributed by atoms with Crippen molar-refractivity contribution in [1.82, 2.24) is 15.0 Å². The molecule has 0 aliphatic carbocycles. The number of fused-ring (bicyclic) bond motifs is 1. The molecule has 0 aliphatic rings. The van der Waals surface area contributed by atoms with Crippen LogP contribution in [0.1, 0.15) is 16.3 Å². The third kappa shape index (κ3) is 4.14. The highest BCUT2D eigenvalue weighted by Crippen LogP contribution is 2.23. The Morgan fingerprint density at radius 2 is 1.83 bits per heavy atom. The molecule has 7 heteroatoms. The zero-order chi connectivity index (χ0) is 20.2. The number of rotatable bonds is 5. The molecule has 0 unspecified atom stereocenters. The molecule has 0 saturated heterocycles. The highest BCUT2D eigenvalue weighted by atomic mass is 16.5. The number of aromatic nitrogens is 3.